The molecule has 0 atom stereocenters. The lowest BCUT2D eigenvalue weighted by molar-refractivity contribution is 0.625. The van der Waals surface area contributed by atoms with Crippen LogP contribution in [0.4, 0.5) is 10.1 Å². The van der Waals surface area contributed by atoms with Gasteiger partial charge in [-0.2, -0.15) is 5.26 Å². The average molecular weight is 178 g/mol. The molecule has 0 radical (unpaired) electrons. The summed E-state index contributed by atoms with van der Waals surface area (Å²) in [6.45, 7) is 1.93. The highest BCUT2D eigenvalue weighted by molar-refractivity contribution is 5.62. The third-order valence-electron chi connectivity index (χ3n) is 1.94. The number of rotatable bonds is 2. The lowest BCUT2D eigenvalue weighted by Crippen LogP contribution is -1.99. The van der Waals surface area contributed by atoms with E-state index in [2.05, 4.69) is 5.32 Å². The van der Waals surface area contributed by atoms with E-state index in [1.165, 1.54) is 12.1 Å². The van der Waals surface area contributed by atoms with Crippen LogP contribution in [-0.2, 0) is 6.42 Å². The fourth-order valence-electron chi connectivity index (χ4n) is 1.33. The van der Waals surface area contributed by atoms with Crippen molar-refractivity contribution in [1.29, 1.82) is 5.26 Å². The number of nitrogens with one attached hydrogen (secondary N) is 1. The summed E-state index contributed by atoms with van der Waals surface area (Å²) in [6, 6.07) is 4.65. The quantitative estimate of drug-likeness (QED) is 0.754. The summed E-state index contributed by atoms with van der Waals surface area (Å²) in [4.78, 5) is 0. The molecule has 1 rings (SSSR count). The Morgan fingerprint density at radius 3 is 2.69 bits per heavy atom. The molecule has 13 heavy (non-hydrogen) atoms. The van der Waals surface area contributed by atoms with Crippen molar-refractivity contribution in [2.75, 3.05) is 12.4 Å². The van der Waals surface area contributed by atoms with E-state index >= 15 is 0 Å². The smallest absolute Gasteiger partial charge is 0.124 e. The highest BCUT2D eigenvalue weighted by atomic mass is 19.1. The average Bonchev–Trinajstić information content (AvgIpc) is 2.16. The van der Waals surface area contributed by atoms with E-state index in [-0.39, 0.29) is 5.82 Å². The maximum absolute atomic E-state index is 12.9. The van der Waals surface area contributed by atoms with Gasteiger partial charge >= 0.3 is 0 Å². The number of nitriles is 1. The zero-order valence-electron chi connectivity index (χ0n) is 7.69. The van der Waals surface area contributed by atoms with Crippen molar-refractivity contribution >= 4 is 5.69 Å². The van der Waals surface area contributed by atoms with Crippen LogP contribution in [-0.4, -0.2) is 7.05 Å². The van der Waals surface area contributed by atoms with Gasteiger partial charge < -0.3 is 5.32 Å². The maximum atomic E-state index is 12.9. The van der Waals surface area contributed by atoms with Crippen molar-refractivity contribution in [2.45, 2.75) is 13.3 Å². The van der Waals surface area contributed by atoms with E-state index in [4.69, 9.17) is 5.26 Å². The van der Waals surface area contributed by atoms with Gasteiger partial charge in [0.15, 0.2) is 0 Å². The van der Waals surface area contributed by atoms with Crippen LogP contribution in [0.1, 0.15) is 18.1 Å². The molecule has 0 heterocycles. The van der Waals surface area contributed by atoms with Gasteiger partial charge in [-0.15, -0.1) is 0 Å². The van der Waals surface area contributed by atoms with Crippen LogP contribution in [0.5, 0.6) is 0 Å². The molecule has 2 nitrogen and oxygen atoms in total. The Morgan fingerprint density at radius 2 is 2.23 bits per heavy atom. The van der Waals surface area contributed by atoms with Crippen LogP contribution in [0.3, 0.4) is 0 Å². The molecule has 68 valence electrons. The summed E-state index contributed by atoms with van der Waals surface area (Å²) in [6.07, 6.45) is 0.711. The molecule has 1 N–H and O–H groups in total. The molecule has 0 amide bonds. The molecule has 0 bridgehead atoms. The summed E-state index contributed by atoms with van der Waals surface area (Å²) >= 11 is 0. The first-order valence-electron chi connectivity index (χ1n) is 4.13. The molecule has 1 aromatic rings. The number of halogens is 1. The molecule has 3 heteroatoms. The van der Waals surface area contributed by atoms with Crippen molar-refractivity contribution in [3.8, 4) is 6.07 Å². The van der Waals surface area contributed by atoms with Crippen LogP contribution in [0.25, 0.3) is 0 Å². The third-order valence-corrected chi connectivity index (χ3v) is 1.94. The molecule has 0 aliphatic carbocycles. The van der Waals surface area contributed by atoms with Crippen molar-refractivity contribution in [2.24, 2.45) is 0 Å². The number of aryl methyl sites for hydroxylation is 1. The Hall–Kier alpha value is -1.56. The number of hydrogen-bond donors (Lipinski definition) is 1. The lowest BCUT2D eigenvalue weighted by atomic mass is 10.1. The van der Waals surface area contributed by atoms with Crippen molar-refractivity contribution in [3.05, 3.63) is 29.1 Å². The van der Waals surface area contributed by atoms with Crippen LogP contribution in [0.15, 0.2) is 12.1 Å². The topological polar surface area (TPSA) is 35.8 Å². The van der Waals surface area contributed by atoms with Crippen molar-refractivity contribution in [1.82, 2.24) is 0 Å². The minimum atomic E-state index is -0.354. The molecule has 0 fully saturated rings. The number of nitrogens with zero attached hydrogens (tertiary/aromatic N) is 1. The second-order valence-electron chi connectivity index (χ2n) is 2.70. The van der Waals surface area contributed by atoms with Gasteiger partial charge in [-0.1, -0.05) is 6.92 Å². The summed E-state index contributed by atoms with van der Waals surface area (Å²) in [5.41, 5.74) is 1.92. The monoisotopic (exact) mass is 178 g/mol. The van der Waals surface area contributed by atoms with Crippen LogP contribution in [0.2, 0.25) is 0 Å². The van der Waals surface area contributed by atoms with Gasteiger partial charge in [0.2, 0.25) is 0 Å². The van der Waals surface area contributed by atoms with Gasteiger partial charge in [0.1, 0.15) is 11.9 Å². The fraction of sp³-hybridized carbons (Fsp3) is 0.300. The Labute approximate surface area is 77.0 Å². The first-order chi connectivity index (χ1) is 6.22. The van der Waals surface area contributed by atoms with E-state index in [1.54, 1.807) is 7.05 Å². The third kappa shape index (κ3) is 1.78. The Balaban J connectivity index is 3.36. The molecule has 0 saturated carbocycles. The summed E-state index contributed by atoms with van der Waals surface area (Å²) in [7, 11) is 1.73. The van der Waals surface area contributed by atoms with E-state index in [0.717, 1.165) is 11.3 Å². The fourth-order valence-corrected chi connectivity index (χ4v) is 1.33. The Bertz CT molecular complexity index is 353. The van der Waals surface area contributed by atoms with Gasteiger partial charge in [0.25, 0.3) is 0 Å². The van der Waals surface area contributed by atoms with E-state index in [1.807, 2.05) is 13.0 Å². The molecule has 0 aliphatic heterocycles. The molecule has 1 aromatic carbocycles. The predicted molar refractivity (Wildman–Crippen MR) is 50.0 cm³/mol. The second kappa shape index (κ2) is 3.90. The standard InChI is InChI=1S/C10H11FN2/c1-3-7-4-9(11)5-8(6-12)10(7)13-2/h4-5,13H,3H2,1-2H3. The zero-order valence-corrected chi connectivity index (χ0v) is 7.69. The van der Waals surface area contributed by atoms with Gasteiger partial charge in [-0.25, -0.2) is 4.39 Å². The Morgan fingerprint density at radius 1 is 1.54 bits per heavy atom. The number of benzene rings is 1. The van der Waals surface area contributed by atoms with Crippen LogP contribution < -0.4 is 5.32 Å². The maximum Gasteiger partial charge on any atom is 0.124 e. The van der Waals surface area contributed by atoms with Gasteiger partial charge in [0.05, 0.1) is 11.3 Å². The number of anilines is 1. The SMILES string of the molecule is CCc1cc(F)cc(C#N)c1NC. The molecule has 0 aliphatic rings. The minimum absolute atomic E-state index is 0.354. The zero-order chi connectivity index (χ0) is 9.84. The minimum Gasteiger partial charge on any atom is -0.387 e. The normalized spacial score (nSPS) is 9.38. The van der Waals surface area contributed by atoms with Crippen LogP contribution >= 0.6 is 0 Å². The summed E-state index contributed by atoms with van der Waals surface area (Å²) in [5.74, 6) is -0.354. The second-order valence-corrected chi connectivity index (χ2v) is 2.70. The summed E-state index contributed by atoms with van der Waals surface area (Å²) < 4.78 is 12.9. The molecule has 0 aromatic heterocycles. The first kappa shape index (κ1) is 9.53. The highest BCUT2D eigenvalue weighted by Gasteiger charge is 2.07. The van der Waals surface area contributed by atoms with Crippen molar-refractivity contribution < 1.29 is 4.39 Å². The van der Waals surface area contributed by atoms with E-state index in [9.17, 15) is 4.39 Å². The van der Waals surface area contributed by atoms with E-state index < -0.39 is 0 Å². The first-order valence-corrected chi connectivity index (χ1v) is 4.13. The van der Waals surface area contributed by atoms with Crippen LogP contribution in [0, 0.1) is 17.1 Å². The molecule has 0 saturated heterocycles. The molecular formula is C10H11FN2. The number of hydrogen-bond acceptors (Lipinski definition) is 2. The van der Waals surface area contributed by atoms with Gasteiger partial charge in [0, 0.05) is 7.05 Å². The highest BCUT2D eigenvalue weighted by Crippen LogP contribution is 2.22. The largest absolute Gasteiger partial charge is 0.387 e. The van der Waals surface area contributed by atoms with Gasteiger partial charge in [-0.05, 0) is 24.1 Å². The Kier molecular flexibility index (Phi) is 2.86. The van der Waals surface area contributed by atoms with E-state index in [0.29, 0.717) is 12.0 Å². The molecule has 0 unspecified atom stereocenters. The predicted octanol–water partition coefficient (Wildman–Crippen LogP) is 2.30. The molecule has 0 spiro atoms. The lowest BCUT2D eigenvalue weighted by Gasteiger charge is -2.08. The summed E-state index contributed by atoms with van der Waals surface area (Å²) in [5, 5.41) is 11.6. The van der Waals surface area contributed by atoms with Crippen molar-refractivity contribution in [3.63, 3.8) is 0 Å². The van der Waals surface area contributed by atoms with Gasteiger partial charge in [-0.3, -0.25) is 0 Å². The molecular weight excluding hydrogens is 167 g/mol.